The predicted octanol–water partition coefficient (Wildman–Crippen LogP) is -2.01. The molecule has 0 aromatic carbocycles. The predicted molar refractivity (Wildman–Crippen MR) is 86.6 cm³/mol. The summed E-state index contributed by atoms with van der Waals surface area (Å²) in [6, 6.07) is 0. The van der Waals surface area contributed by atoms with E-state index in [1.807, 2.05) is 0 Å². The Bertz CT molecular complexity index is 580. The van der Waals surface area contributed by atoms with Crippen LogP contribution in [0.2, 0.25) is 0 Å². The lowest BCUT2D eigenvalue weighted by Crippen LogP contribution is -2.60. The molecule has 0 amide bonds. The lowest BCUT2D eigenvalue weighted by molar-refractivity contribution is -0.346. The van der Waals surface area contributed by atoms with E-state index in [-0.39, 0.29) is 6.42 Å². The maximum atomic E-state index is 11.5. The van der Waals surface area contributed by atoms with Crippen LogP contribution in [-0.2, 0) is 23.7 Å². The summed E-state index contributed by atoms with van der Waals surface area (Å²) in [6.07, 6.45) is -5.92. The van der Waals surface area contributed by atoms with E-state index in [9.17, 15) is 30.3 Å². The highest BCUT2D eigenvalue weighted by Crippen LogP contribution is 2.48. The van der Waals surface area contributed by atoms with Crippen molar-refractivity contribution in [3.8, 4) is 0 Å². The fraction of sp³-hybridized carbons (Fsp3) is 0.824. The lowest BCUT2D eigenvalue weighted by Gasteiger charge is -2.44. The van der Waals surface area contributed by atoms with Gasteiger partial charge in [-0.3, -0.25) is 4.79 Å². The fourth-order valence-corrected chi connectivity index (χ4v) is 4.22. The number of rotatable bonds is 4. The van der Waals surface area contributed by atoms with E-state index in [0.717, 1.165) is 0 Å². The Morgan fingerprint density at radius 1 is 1.19 bits per heavy atom. The second-order valence-electron chi connectivity index (χ2n) is 7.45. The summed E-state index contributed by atoms with van der Waals surface area (Å²) in [5.74, 6) is -1.54. The molecule has 0 spiro atoms. The molecule has 0 aromatic heterocycles. The molecule has 27 heavy (non-hydrogen) atoms. The molecule has 154 valence electrons. The second-order valence-corrected chi connectivity index (χ2v) is 7.45. The first-order valence-corrected chi connectivity index (χ1v) is 8.83. The minimum Gasteiger partial charge on any atom is -0.472 e. The summed E-state index contributed by atoms with van der Waals surface area (Å²) >= 11 is 0. The number of fused-ring (bicyclic) bond motifs is 1. The highest BCUT2D eigenvalue weighted by Gasteiger charge is 2.58. The zero-order valence-corrected chi connectivity index (χ0v) is 15.0. The van der Waals surface area contributed by atoms with Crippen LogP contribution in [0.25, 0.3) is 0 Å². The molecule has 0 aromatic rings. The molecule has 0 bridgehead atoms. The van der Waals surface area contributed by atoms with Crippen molar-refractivity contribution < 1.29 is 49.3 Å². The van der Waals surface area contributed by atoms with E-state index in [2.05, 4.69) is 0 Å². The van der Waals surface area contributed by atoms with Gasteiger partial charge in [0.05, 0.1) is 24.9 Å². The Morgan fingerprint density at radius 3 is 2.52 bits per heavy atom. The lowest BCUT2D eigenvalue weighted by atomic mass is 9.84. The minimum absolute atomic E-state index is 0.171. The molecule has 1 aliphatic carbocycles. The first kappa shape index (κ1) is 20.5. The number of hydrogen-bond acceptors (Lipinski definition) is 10. The maximum absolute atomic E-state index is 11.5. The monoisotopic (exact) mass is 390 g/mol. The van der Waals surface area contributed by atoms with Crippen molar-refractivity contribution in [3.63, 3.8) is 0 Å². The molecule has 1 saturated heterocycles. The summed E-state index contributed by atoms with van der Waals surface area (Å²) < 4.78 is 22.0. The topological polar surface area (TPSA) is 155 Å². The molecule has 10 heteroatoms. The van der Waals surface area contributed by atoms with Crippen molar-refractivity contribution in [1.29, 1.82) is 0 Å². The fourth-order valence-electron chi connectivity index (χ4n) is 4.22. The van der Waals surface area contributed by atoms with Gasteiger partial charge >= 0.3 is 5.97 Å². The van der Waals surface area contributed by atoms with Crippen LogP contribution in [0.15, 0.2) is 12.3 Å². The maximum Gasteiger partial charge on any atom is 0.303 e. The van der Waals surface area contributed by atoms with Gasteiger partial charge in [0, 0.05) is 19.3 Å². The average Bonchev–Trinajstić information content (AvgIpc) is 2.86. The number of ether oxygens (including phenoxy) is 4. The second kappa shape index (κ2) is 7.63. The van der Waals surface area contributed by atoms with Crippen LogP contribution in [0, 0.1) is 11.8 Å². The molecule has 2 heterocycles. The van der Waals surface area contributed by atoms with E-state index in [1.54, 1.807) is 13.0 Å². The first-order chi connectivity index (χ1) is 12.7. The molecule has 10 atom stereocenters. The summed E-state index contributed by atoms with van der Waals surface area (Å²) in [5, 5.41) is 49.6. The molecule has 3 aliphatic rings. The highest BCUT2D eigenvalue weighted by atomic mass is 16.8. The Kier molecular flexibility index (Phi) is 5.78. The summed E-state index contributed by atoms with van der Waals surface area (Å²) in [6.45, 7) is 2.33. The molecule has 3 rings (SSSR count). The third-order valence-electron chi connectivity index (χ3n) is 5.48. The summed E-state index contributed by atoms with van der Waals surface area (Å²) in [7, 11) is 0. The molecule has 10 nitrogen and oxygen atoms in total. The van der Waals surface area contributed by atoms with Crippen LogP contribution in [0.5, 0.6) is 0 Å². The largest absolute Gasteiger partial charge is 0.472 e. The SMILES string of the molecule is CC(=O)O[C@@]1(C)CC(O)[C@@H]2C=CO[C@@H](O[C@@H]3O[C@H](CO)[C@@H](O)[C@H](O)[C@H]3O)[C@@H]21. The van der Waals surface area contributed by atoms with Gasteiger partial charge in [-0.15, -0.1) is 0 Å². The van der Waals surface area contributed by atoms with Gasteiger partial charge in [0.2, 0.25) is 6.29 Å². The molecule has 0 radical (unpaired) electrons. The van der Waals surface area contributed by atoms with Gasteiger partial charge in [-0.05, 0) is 13.0 Å². The average molecular weight is 390 g/mol. The molecular formula is C17H26O10. The van der Waals surface area contributed by atoms with E-state index < -0.39 is 73.1 Å². The van der Waals surface area contributed by atoms with Gasteiger partial charge in [0.25, 0.3) is 0 Å². The van der Waals surface area contributed by atoms with E-state index in [0.29, 0.717) is 0 Å². The Morgan fingerprint density at radius 2 is 1.89 bits per heavy atom. The Balaban J connectivity index is 1.81. The van der Waals surface area contributed by atoms with Crippen LogP contribution < -0.4 is 0 Å². The number of aliphatic hydroxyl groups excluding tert-OH is 5. The third kappa shape index (κ3) is 3.70. The van der Waals surface area contributed by atoms with Gasteiger partial charge in [-0.2, -0.15) is 0 Å². The summed E-state index contributed by atoms with van der Waals surface area (Å²) in [5.41, 5.74) is -1.08. The van der Waals surface area contributed by atoms with Gasteiger partial charge in [0.1, 0.15) is 30.0 Å². The van der Waals surface area contributed by atoms with Gasteiger partial charge in [0.15, 0.2) is 6.29 Å². The molecule has 1 unspecified atom stereocenters. The van der Waals surface area contributed by atoms with Crippen molar-refractivity contribution in [3.05, 3.63) is 12.3 Å². The van der Waals surface area contributed by atoms with E-state index in [1.165, 1.54) is 13.2 Å². The molecule has 5 N–H and O–H groups in total. The van der Waals surface area contributed by atoms with Gasteiger partial charge in [-0.25, -0.2) is 0 Å². The molecule has 2 fully saturated rings. The molecular weight excluding hydrogens is 364 g/mol. The number of aliphatic hydroxyl groups is 5. The Labute approximate surface area is 155 Å². The van der Waals surface area contributed by atoms with Crippen LogP contribution in [0.1, 0.15) is 20.3 Å². The number of esters is 1. The van der Waals surface area contributed by atoms with E-state index >= 15 is 0 Å². The number of hydrogen-bond donors (Lipinski definition) is 5. The van der Waals surface area contributed by atoms with Crippen molar-refractivity contribution in [2.24, 2.45) is 11.8 Å². The first-order valence-electron chi connectivity index (χ1n) is 8.83. The standard InChI is InChI=1S/C17H26O10/c1-7(19)27-17(2)5-9(20)8-3-4-24-15(11(8)17)26-16-14(23)13(22)12(21)10(6-18)25-16/h3-4,8-16,18,20-23H,5-6H2,1-2H3/t8-,9?,10+,11+,12+,13-,14+,15-,16-,17-/m0/s1. The van der Waals surface area contributed by atoms with Gasteiger partial charge in [-0.1, -0.05) is 0 Å². The van der Waals surface area contributed by atoms with Crippen molar-refractivity contribution >= 4 is 5.97 Å². The highest BCUT2D eigenvalue weighted by molar-refractivity contribution is 5.66. The number of carbonyl (C=O) groups is 1. The molecule has 2 aliphatic heterocycles. The zero-order valence-electron chi connectivity index (χ0n) is 15.0. The quantitative estimate of drug-likeness (QED) is 0.340. The van der Waals surface area contributed by atoms with Crippen LogP contribution >= 0.6 is 0 Å². The minimum atomic E-state index is -1.60. The summed E-state index contributed by atoms with van der Waals surface area (Å²) in [4.78, 5) is 11.5. The number of carbonyl (C=O) groups excluding carboxylic acids is 1. The van der Waals surface area contributed by atoms with Crippen LogP contribution in [0.4, 0.5) is 0 Å². The molecule has 1 saturated carbocycles. The van der Waals surface area contributed by atoms with Crippen molar-refractivity contribution in [1.82, 2.24) is 0 Å². The van der Waals surface area contributed by atoms with Crippen molar-refractivity contribution in [2.45, 2.75) is 69.0 Å². The normalized spacial score (nSPS) is 49.4. The van der Waals surface area contributed by atoms with Crippen molar-refractivity contribution in [2.75, 3.05) is 6.61 Å². The van der Waals surface area contributed by atoms with E-state index in [4.69, 9.17) is 18.9 Å². The van der Waals surface area contributed by atoms with Crippen LogP contribution in [-0.4, -0.2) is 86.8 Å². The van der Waals surface area contributed by atoms with Gasteiger partial charge < -0.3 is 44.5 Å². The third-order valence-corrected chi connectivity index (χ3v) is 5.48. The van der Waals surface area contributed by atoms with Crippen LogP contribution in [0.3, 0.4) is 0 Å². The smallest absolute Gasteiger partial charge is 0.303 e. The Hall–Kier alpha value is -1.27. The zero-order chi connectivity index (χ0) is 19.9.